The molecular formula is C17H20N2O2. The van der Waals surface area contributed by atoms with Crippen LogP contribution in [-0.2, 0) is 0 Å². The molecule has 0 heterocycles. The van der Waals surface area contributed by atoms with Gasteiger partial charge >= 0.3 is 0 Å². The number of nitrogens with one attached hydrogen (secondary N) is 2. The molecule has 0 aliphatic carbocycles. The number of anilines is 1. The van der Waals surface area contributed by atoms with Crippen LogP contribution in [0.3, 0.4) is 0 Å². The highest BCUT2D eigenvalue weighted by Gasteiger charge is 2.11. The van der Waals surface area contributed by atoms with Crippen molar-refractivity contribution in [2.45, 2.75) is 26.7 Å². The van der Waals surface area contributed by atoms with Crippen LogP contribution in [0.4, 0.5) is 5.69 Å². The van der Waals surface area contributed by atoms with Crippen LogP contribution in [0, 0.1) is 6.92 Å². The van der Waals surface area contributed by atoms with E-state index < -0.39 is 0 Å². The molecule has 0 aromatic heterocycles. The summed E-state index contributed by atoms with van der Waals surface area (Å²) < 4.78 is 0. The fourth-order valence-corrected chi connectivity index (χ4v) is 2.09. The SMILES string of the molecule is Cc1cc(O)c(C(C)C)cc1NNC(=O)c1ccccc1. The van der Waals surface area contributed by atoms with E-state index in [-0.39, 0.29) is 17.6 Å². The van der Waals surface area contributed by atoms with Crippen molar-refractivity contribution in [2.75, 3.05) is 5.43 Å². The Morgan fingerprint density at radius 1 is 1.14 bits per heavy atom. The normalized spacial score (nSPS) is 10.5. The van der Waals surface area contributed by atoms with Gasteiger partial charge in [-0.25, -0.2) is 0 Å². The van der Waals surface area contributed by atoms with Crippen LogP contribution >= 0.6 is 0 Å². The highest BCUT2D eigenvalue weighted by Crippen LogP contribution is 2.30. The minimum atomic E-state index is -0.200. The topological polar surface area (TPSA) is 61.4 Å². The van der Waals surface area contributed by atoms with Gasteiger partial charge in [0.05, 0.1) is 5.69 Å². The third kappa shape index (κ3) is 3.54. The van der Waals surface area contributed by atoms with E-state index in [0.717, 1.165) is 16.8 Å². The minimum Gasteiger partial charge on any atom is -0.508 e. The average Bonchev–Trinajstić information content (AvgIpc) is 2.46. The molecule has 21 heavy (non-hydrogen) atoms. The highest BCUT2D eigenvalue weighted by atomic mass is 16.3. The molecule has 4 nitrogen and oxygen atoms in total. The maximum absolute atomic E-state index is 12.0. The lowest BCUT2D eigenvalue weighted by Crippen LogP contribution is -2.29. The van der Waals surface area contributed by atoms with Gasteiger partial charge in [0.15, 0.2) is 0 Å². The molecule has 4 heteroatoms. The van der Waals surface area contributed by atoms with Crippen LogP contribution in [0.1, 0.15) is 41.3 Å². The molecule has 0 saturated carbocycles. The van der Waals surface area contributed by atoms with Crippen molar-refractivity contribution in [3.05, 3.63) is 59.2 Å². The van der Waals surface area contributed by atoms with Gasteiger partial charge in [0.25, 0.3) is 5.91 Å². The maximum Gasteiger partial charge on any atom is 0.269 e. The predicted octanol–water partition coefficient (Wildman–Crippen LogP) is 3.58. The summed E-state index contributed by atoms with van der Waals surface area (Å²) in [7, 11) is 0. The van der Waals surface area contributed by atoms with Gasteiger partial charge in [-0.05, 0) is 48.2 Å². The van der Waals surface area contributed by atoms with Gasteiger partial charge in [-0.3, -0.25) is 15.6 Å². The second-order valence-electron chi connectivity index (χ2n) is 5.33. The molecular weight excluding hydrogens is 264 g/mol. The van der Waals surface area contributed by atoms with Crippen LogP contribution in [-0.4, -0.2) is 11.0 Å². The monoisotopic (exact) mass is 284 g/mol. The number of phenols is 1. The number of carbonyl (C=O) groups excluding carboxylic acids is 1. The van der Waals surface area contributed by atoms with E-state index in [2.05, 4.69) is 10.9 Å². The highest BCUT2D eigenvalue weighted by molar-refractivity contribution is 5.94. The largest absolute Gasteiger partial charge is 0.508 e. The molecule has 0 fully saturated rings. The van der Waals surface area contributed by atoms with E-state index in [1.807, 2.05) is 45.0 Å². The van der Waals surface area contributed by atoms with Crippen molar-refractivity contribution < 1.29 is 9.90 Å². The standard InChI is InChI=1S/C17H20N2O2/c1-11(2)14-10-15(12(3)9-16(14)20)18-19-17(21)13-7-5-4-6-8-13/h4-11,18,20H,1-3H3,(H,19,21). The second kappa shape index (κ2) is 6.31. The van der Waals surface area contributed by atoms with Crippen molar-refractivity contribution in [3.8, 4) is 5.75 Å². The Morgan fingerprint density at radius 3 is 2.43 bits per heavy atom. The molecule has 0 aliphatic heterocycles. The third-order valence-electron chi connectivity index (χ3n) is 3.34. The summed E-state index contributed by atoms with van der Waals surface area (Å²) in [6.07, 6.45) is 0. The lowest BCUT2D eigenvalue weighted by molar-refractivity contribution is 0.0962. The van der Waals surface area contributed by atoms with Crippen LogP contribution in [0.5, 0.6) is 5.75 Å². The van der Waals surface area contributed by atoms with Crippen molar-refractivity contribution in [1.82, 2.24) is 5.43 Å². The Balaban J connectivity index is 2.13. The van der Waals surface area contributed by atoms with Gasteiger partial charge in [0, 0.05) is 5.56 Å². The van der Waals surface area contributed by atoms with E-state index in [1.165, 1.54) is 0 Å². The van der Waals surface area contributed by atoms with Gasteiger partial charge in [-0.15, -0.1) is 0 Å². The van der Waals surface area contributed by atoms with Gasteiger partial charge in [0.1, 0.15) is 5.75 Å². The molecule has 0 unspecified atom stereocenters. The molecule has 0 atom stereocenters. The molecule has 0 bridgehead atoms. The first kappa shape index (κ1) is 14.9. The van der Waals surface area contributed by atoms with Crippen LogP contribution < -0.4 is 10.9 Å². The van der Waals surface area contributed by atoms with Crippen LogP contribution in [0.25, 0.3) is 0 Å². The van der Waals surface area contributed by atoms with Crippen molar-refractivity contribution in [2.24, 2.45) is 0 Å². The summed E-state index contributed by atoms with van der Waals surface area (Å²) in [5.74, 6) is 0.285. The fourth-order valence-electron chi connectivity index (χ4n) is 2.09. The molecule has 0 saturated heterocycles. The number of aromatic hydroxyl groups is 1. The van der Waals surface area contributed by atoms with Gasteiger partial charge in [-0.2, -0.15) is 0 Å². The van der Waals surface area contributed by atoms with Gasteiger partial charge < -0.3 is 5.11 Å². The maximum atomic E-state index is 12.0. The summed E-state index contributed by atoms with van der Waals surface area (Å²) in [6, 6.07) is 12.6. The zero-order valence-corrected chi connectivity index (χ0v) is 12.5. The van der Waals surface area contributed by atoms with Crippen molar-refractivity contribution in [3.63, 3.8) is 0 Å². The number of hydrogen-bond acceptors (Lipinski definition) is 3. The number of hydrogen-bond donors (Lipinski definition) is 3. The van der Waals surface area contributed by atoms with Gasteiger partial charge in [0.2, 0.25) is 0 Å². The fraction of sp³-hybridized carbons (Fsp3) is 0.235. The molecule has 3 N–H and O–H groups in total. The van der Waals surface area contributed by atoms with E-state index >= 15 is 0 Å². The van der Waals surface area contributed by atoms with Crippen LogP contribution in [0.2, 0.25) is 0 Å². The summed E-state index contributed by atoms with van der Waals surface area (Å²) >= 11 is 0. The lowest BCUT2D eigenvalue weighted by atomic mass is 9.99. The first-order valence-electron chi connectivity index (χ1n) is 6.94. The zero-order chi connectivity index (χ0) is 15.4. The van der Waals surface area contributed by atoms with Gasteiger partial charge in [-0.1, -0.05) is 32.0 Å². The molecule has 110 valence electrons. The van der Waals surface area contributed by atoms with E-state index in [9.17, 15) is 9.90 Å². The Hall–Kier alpha value is -2.49. The lowest BCUT2D eigenvalue weighted by Gasteiger charge is -2.15. The van der Waals surface area contributed by atoms with Crippen molar-refractivity contribution >= 4 is 11.6 Å². The minimum absolute atomic E-state index is 0.200. The Bertz CT molecular complexity index is 637. The third-order valence-corrected chi connectivity index (χ3v) is 3.34. The van der Waals surface area contributed by atoms with E-state index in [1.54, 1.807) is 18.2 Å². The molecule has 0 spiro atoms. The van der Waals surface area contributed by atoms with E-state index in [0.29, 0.717) is 5.56 Å². The Kier molecular flexibility index (Phi) is 4.48. The smallest absolute Gasteiger partial charge is 0.269 e. The van der Waals surface area contributed by atoms with Crippen LogP contribution in [0.15, 0.2) is 42.5 Å². The number of carbonyl (C=O) groups is 1. The summed E-state index contributed by atoms with van der Waals surface area (Å²) in [4.78, 5) is 12.0. The molecule has 2 rings (SSSR count). The Labute approximate surface area is 124 Å². The number of benzene rings is 2. The average molecular weight is 284 g/mol. The summed E-state index contributed by atoms with van der Waals surface area (Å²) in [5, 5.41) is 9.93. The predicted molar refractivity (Wildman–Crippen MR) is 84.5 cm³/mol. The molecule has 0 aliphatic rings. The molecule has 1 amide bonds. The number of hydrazine groups is 1. The quantitative estimate of drug-likeness (QED) is 0.594. The van der Waals surface area contributed by atoms with Crippen molar-refractivity contribution in [1.29, 1.82) is 0 Å². The Morgan fingerprint density at radius 2 is 1.81 bits per heavy atom. The zero-order valence-electron chi connectivity index (χ0n) is 12.5. The van der Waals surface area contributed by atoms with E-state index in [4.69, 9.17) is 0 Å². The number of rotatable bonds is 4. The molecule has 2 aromatic carbocycles. The summed E-state index contributed by atoms with van der Waals surface area (Å²) in [6.45, 7) is 5.90. The second-order valence-corrected chi connectivity index (χ2v) is 5.33. The molecule has 2 aromatic rings. The number of amides is 1. The molecule has 0 radical (unpaired) electrons. The first-order valence-corrected chi connectivity index (χ1v) is 6.94. The number of phenolic OH excluding ortho intramolecular Hbond substituents is 1. The number of aryl methyl sites for hydroxylation is 1. The summed E-state index contributed by atoms with van der Waals surface area (Å²) in [5.41, 5.74) is 8.67. The first-order chi connectivity index (χ1) is 9.99.